The zero-order valence-corrected chi connectivity index (χ0v) is 37.8. The predicted molar refractivity (Wildman–Crippen MR) is 288 cm³/mol. The van der Waals surface area contributed by atoms with Crippen LogP contribution in [0.15, 0.2) is 267 Å². The third-order valence-electron chi connectivity index (χ3n) is 14.8. The van der Waals surface area contributed by atoms with Crippen molar-refractivity contribution in [1.29, 1.82) is 0 Å². The molecule has 0 atom stereocenters. The van der Waals surface area contributed by atoms with Gasteiger partial charge in [0.1, 0.15) is 0 Å². The van der Waals surface area contributed by atoms with Gasteiger partial charge in [-0.2, -0.15) is 0 Å². The Bertz CT molecular complexity index is 3890. The molecule has 2 heteroatoms. The minimum atomic E-state index is -0.501. The molecule has 1 aromatic heterocycles. The maximum absolute atomic E-state index is 2.54. The van der Waals surface area contributed by atoms with Gasteiger partial charge >= 0.3 is 0 Å². The van der Waals surface area contributed by atoms with E-state index in [9.17, 15) is 0 Å². The van der Waals surface area contributed by atoms with E-state index in [0.29, 0.717) is 0 Å². The van der Waals surface area contributed by atoms with Crippen molar-refractivity contribution in [2.45, 2.75) is 5.41 Å². The summed E-state index contributed by atoms with van der Waals surface area (Å²) in [5.41, 5.74) is 23.7. The lowest BCUT2D eigenvalue weighted by Gasteiger charge is -2.33. The Kier molecular flexibility index (Phi) is 8.84. The number of aromatic nitrogens is 1. The summed E-state index contributed by atoms with van der Waals surface area (Å²) in [5, 5.41) is 2.45. The van der Waals surface area contributed by atoms with Gasteiger partial charge in [0.25, 0.3) is 0 Å². The summed E-state index contributed by atoms with van der Waals surface area (Å²) in [7, 11) is 0. The maximum Gasteiger partial charge on any atom is 0.0726 e. The van der Waals surface area contributed by atoms with Gasteiger partial charge in [-0.1, -0.05) is 218 Å². The fourth-order valence-corrected chi connectivity index (χ4v) is 12.0. The lowest BCUT2D eigenvalue weighted by Crippen LogP contribution is -2.26. The SMILES string of the molecule is c1ccc(-c2ccccc2-c2c(-c3ccccc3)cccc2N(c2ccc3c(c2)C2(c4ccccc4-c4ccccc42)c2ccccc2-3)c2ccc3c4ccccc4n(-c4ccccc4)c3c2)cc1. The van der Waals surface area contributed by atoms with Crippen LogP contribution < -0.4 is 4.90 Å². The van der Waals surface area contributed by atoms with E-state index in [4.69, 9.17) is 0 Å². The first-order valence-corrected chi connectivity index (χ1v) is 23.9. The second-order valence-corrected chi connectivity index (χ2v) is 18.3. The summed E-state index contributed by atoms with van der Waals surface area (Å²) < 4.78 is 2.43. The molecule has 69 heavy (non-hydrogen) atoms. The fraction of sp³-hybridized carbons (Fsp3) is 0.0149. The average Bonchev–Trinajstić information content (AvgIpc) is 4.03. The van der Waals surface area contributed by atoms with Gasteiger partial charge in [-0.15, -0.1) is 0 Å². The molecule has 2 aliphatic rings. The molecule has 0 N–H and O–H groups in total. The van der Waals surface area contributed by atoms with Crippen molar-refractivity contribution in [3.63, 3.8) is 0 Å². The van der Waals surface area contributed by atoms with Crippen LogP contribution in [-0.4, -0.2) is 4.57 Å². The topological polar surface area (TPSA) is 8.17 Å². The standard InChI is InChI=1S/C67H44N2/c1-4-21-45(22-5-1)50-27-10-11-32-58(50)66-51(46-23-6-2-7-24-46)33-20-38-64(66)68(49-40-42-57-56-31-15-19-37-63(56)69(65(57)44-49)47-25-8-3-9-26-47)48-39-41-55-54-30-14-18-36-61(54)67(62(55)43-48)59-34-16-12-28-52(59)53-29-13-17-35-60(53)67/h1-44H. The van der Waals surface area contributed by atoms with E-state index in [0.717, 1.165) is 28.3 Å². The Labute approximate surface area is 402 Å². The van der Waals surface area contributed by atoms with Crippen molar-refractivity contribution in [2.75, 3.05) is 4.90 Å². The third-order valence-corrected chi connectivity index (χ3v) is 14.8. The summed E-state index contributed by atoms with van der Waals surface area (Å²) in [5.74, 6) is 0. The summed E-state index contributed by atoms with van der Waals surface area (Å²) in [6.07, 6.45) is 0. The van der Waals surface area contributed by atoms with Gasteiger partial charge < -0.3 is 9.47 Å². The predicted octanol–water partition coefficient (Wildman–Crippen LogP) is 17.6. The number of benzene rings is 11. The highest BCUT2D eigenvalue weighted by atomic mass is 15.1. The molecule has 0 aliphatic heterocycles. The summed E-state index contributed by atoms with van der Waals surface area (Å²) >= 11 is 0. The second-order valence-electron chi connectivity index (χ2n) is 18.3. The van der Waals surface area contributed by atoms with Gasteiger partial charge in [0, 0.05) is 33.4 Å². The van der Waals surface area contributed by atoms with Gasteiger partial charge in [0.15, 0.2) is 0 Å². The molecule has 0 saturated carbocycles. The van der Waals surface area contributed by atoms with Crippen molar-refractivity contribution in [2.24, 2.45) is 0 Å². The first-order chi connectivity index (χ1) is 34.3. The summed E-state index contributed by atoms with van der Waals surface area (Å²) in [6, 6.07) is 98.8. The monoisotopic (exact) mass is 876 g/mol. The van der Waals surface area contributed by atoms with Crippen LogP contribution in [0.25, 0.3) is 83.1 Å². The minimum absolute atomic E-state index is 0.501. The molecule has 0 radical (unpaired) electrons. The third kappa shape index (κ3) is 5.79. The van der Waals surface area contributed by atoms with Gasteiger partial charge in [-0.05, 0) is 121 Å². The average molecular weight is 877 g/mol. The number of hydrogen-bond donors (Lipinski definition) is 0. The molecule has 0 unspecified atom stereocenters. The molecule has 11 aromatic carbocycles. The molecule has 0 bridgehead atoms. The van der Waals surface area contributed by atoms with Gasteiger partial charge in [0.2, 0.25) is 0 Å². The van der Waals surface area contributed by atoms with Crippen molar-refractivity contribution >= 4 is 38.9 Å². The molecule has 2 aliphatic carbocycles. The number of fused-ring (bicyclic) bond motifs is 13. The molecule has 0 fully saturated rings. The Morgan fingerprint density at radius 3 is 1.41 bits per heavy atom. The van der Waals surface area contributed by atoms with Gasteiger partial charge in [-0.3, -0.25) is 0 Å². The molecule has 0 saturated heterocycles. The molecule has 1 heterocycles. The number of rotatable bonds is 7. The second kappa shape index (κ2) is 15.6. The number of para-hydroxylation sites is 2. The largest absolute Gasteiger partial charge is 0.310 e. The first-order valence-electron chi connectivity index (χ1n) is 23.9. The lowest BCUT2D eigenvalue weighted by atomic mass is 9.70. The van der Waals surface area contributed by atoms with Crippen LogP contribution in [0.1, 0.15) is 22.3 Å². The number of hydrogen-bond acceptors (Lipinski definition) is 1. The van der Waals surface area contributed by atoms with Crippen LogP contribution in [0.5, 0.6) is 0 Å². The van der Waals surface area contributed by atoms with Crippen LogP contribution >= 0.6 is 0 Å². The van der Waals surface area contributed by atoms with Crippen LogP contribution in [0.3, 0.4) is 0 Å². The normalized spacial score (nSPS) is 12.8. The quantitative estimate of drug-likeness (QED) is 0.155. The molecule has 0 amide bonds. The summed E-state index contributed by atoms with van der Waals surface area (Å²) in [4.78, 5) is 2.54. The smallest absolute Gasteiger partial charge is 0.0726 e. The molecular weight excluding hydrogens is 833 g/mol. The Morgan fingerprint density at radius 2 is 0.754 bits per heavy atom. The van der Waals surface area contributed by atoms with Crippen LogP contribution in [0, 0.1) is 0 Å². The number of nitrogens with zero attached hydrogens (tertiary/aromatic N) is 2. The molecule has 1 spiro atoms. The van der Waals surface area contributed by atoms with Crippen LogP contribution in [-0.2, 0) is 5.41 Å². The zero-order valence-electron chi connectivity index (χ0n) is 37.8. The number of anilines is 3. The van der Waals surface area contributed by atoms with Crippen molar-refractivity contribution in [3.8, 4) is 61.3 Å². The molecule has 14 rings (SSSR count). The van der Waals surface area contributed by atoms with E-state index < -0.39 is 5.41 Å². The minimum Gasteiger partial charge on any atom is -0.310 e. The van der Waals surface area contributed by atoms with Crippen molar-refractivity contribution in [3.05, 3.63) is 289 Å². The maximum atomic E-state index is 2.54. The highest BCUT2D eigenvalue weighted by Crippen LogP contribution is 2.63. The highest BCUT2D eigenvalue weighted by molar-refractivity contribution is 6.11. The van der Waals surface area contributed by atoms with E-state index in [1.165, 1.54) is 94.2 Å². The van der Waals surface area contributed by atoms with Gasteiger partial charge in [-0.25, -0.2) is 0 Å². The van der Waals surface area contributed by atoms with E-state index in [1.807, 2.05) is 0 Å². The Hall–Kier alpha value is -8.98. The Balaban J connectivity index is 1.10. The van der Waals surface area contributed by atoms with Crippen molar-refractivity contribution in [1.82, 2.24) is 4.57 Å². The highest BCUT2D eigenvalue weighted by Gasteiger charge is 2.51. The van der Waals surface area contributed by atoms with E-state index >= 15 is 0 Å². The van der Waals surface area contributed by atoms with E-state index in [2.05, 4.69) is 276 Å². The molecule has 12 aromatic rings. The molecule has 2 nitrogen and oxygen atoms in total. The Morgan fingerprint density at radius 1 is 0.290 bits per heavy atom. The first kappa shape index (κ1) is 39.2. The van der Waals surface area contributed by atoms with Crippen LogP contribution in [0.4, 0.5) is 17.1 Å². The zero-order chi connectivity index (χ0) is 45.5. The molecule has 322 valence electrons. The van der Waals surface area contributed by atoms with E-state index in [1.54, 1.807) is 0 Å². The van der Waals surface area contributed by atoms with Crippen LogP contribution in [0.2, 0.25) is 0 Å². The fourth-order valence-electron chi connectivity index (χ4n) is 12.0. The van der Waals surface area contributed by atoms with Crippen molar-refractivity contribution < 1.29 is 0 Å². The van der Waals surface area contributed by atoms with Gasteiger partial charge in [0.05, 0.1) is 22.1 Å². The van der Waals surface area contributed by atoms with E-state index in [-0.39, 0.29) is 0 Å². The summed E-state index contributed by atoms with van der Waals surface area (Å²) in [6.45, 7) is 0. The molecular formula is C67H44N2. The lowest BCUT2D eigenvalue weighted by molar-refractivity contribution is 0.793.